The smallest absolute Gasteiger partial charge is 0.194 e. The first-order chi connectivity index (χ1) is 8.15. The number of hydrogen-bond acceptors (Lipinski definition) is 3. The summed E-state index contributed by atoms with van der Waals surface area (Å²) in [5.74, 6) is 1.40. The molecule has 0 aliphatic rings. The zero-order chi connectivity index (χ0) is 12.4. The summed E-state index contributed by atoms with van der Waals surface area (Å²) >= 11 is 1.41. The van der Waals surface area contributed by atoms with Crippen LogP contribution in [0, 0.1) is 17.5 Å². The minimum Gasteiger partial charge on any atom is -0.271 e. The largest absolute Gasteiger partial charge is 0.271 e. The van der Waals surface area contributed by atoms with Crippen molar-refractivity contribution in [3.8, 4) is 0 Å². The minimum absolute atomic E-state index is 0.0233. The van der Waals surface area contributed by atoms with Crippen molar-refractivity contribution in [3.05, 3.63) is 57.5 Å². The Morgan fingerprint density at radius 3 is 2.47 bits per heavy atom. The van der Waals surface area contributed by atoms with Gasteiger partial charge in [-0.3, -0.25) is 5.84 Å². The third kappa shape index (κ3) is 2.19. The molecule has 0 aliphatic carbocycles. The van der Waals surface area contributed by atoms with E-state index in [0.717, 1.165) is 6.07 Å². The quantitative estimate of drug-likeness (QED) is 0.504. The average molecular weight is 258 g/mol. The van der Waals surface area contributed by atoms with Gasteiger partial charge in [0.1, 0.15) is 0 Å². The van der Waals surface area contributed by atoms with E-state index in [-0.39, 0.29) is 5.56 Å². The molecule has 1 unspecified atom stereocenters. The van der Waals surface area contributed by atoms with Gasteiger partial charge in [-0.1, -0.05) is 6.07 Å². The Morgan fingerprint density at radius 2 is 1.88 bits per heavy atom. The normalized spacial score (nSPS) is 12.7. The summed E-state index contributed by atoms with van der Waals surface area (Å²) in [4.78, 5) is 0. The number of thiophene rings is 1. The molecule has 3 N–H and O–H groups in total. The van der Waals surface area contributed by atoms with Gasteiger partial charge in [0.05, 0.1) is 6.04 Å². The molecule has 1 aromatic carbocycles. The third-order valence-electron chi connectivity index (χ3n) is 2.42. The fraction of sp³-hybridized carbons (Fsp3) is 0.0909. The van der Waals surface area contributed by atoms with Crippen LogP contribution in [0.2, 0.25) is 0 Å². The molecule has 0 saturated heterocycles. The van der Waals surface area contributed by atoms with Crippen molar-refractivity contribution < 1.29 is 13.2 Å². The second-order valence-corrected chi connectivity index (χ2v) is 4.20. The molecule has 0 spiro atoms. The minimum atomic E-state index is -1.49. The molecule has 1 heterocycles. The van der Waals surface area contributed by atoms with Crippen LogP contribution in [0.1, 0.15) is 17.2 Å². The van der Waals surface area contributed by atoms with Crippen molar-refractivity contribution in [3.63, 3.8) is 0 Å². The van der Waals surface area contributed by atoms with Gasteiger partial charge in [-0.05, 0) is 28.5 Å². The fourth-order valence-corrected chi connectivity index (χ4v) is 2.25. The lowest BCUT2D eigenvalue weighted by Gasteiger charge is -2.16. The van der Waals surface area contributed by atoms with Gasteiger partial charge in [0.15, 0.2) is 17.5 Å². The Balaban J connectivity index is 2.49. The van der Waals surface area contributed by atoms with Crippen LogP contribution < -0.4 is 11.3 Å². The summed E-state index contributed by atoms with van der Waals surface area (Å²) < 4.78 is 39.5. The highest BCUT2D eigenvalue weighted by atomic mass is 32.1. The summed E-state index contributed by atoms with van der Waals surface area (Å²) in [5, 5.41) is 3.54. The van der Waals surface area contributed by atoms with E-state index in [0.29, 0.717) is 5.56 Å². The van der Waals surface area contributed by atoms with Crippen molar-refractivity contribution >= 4 is 11.3 Å². The van der Waals surface area contributed by atoms with E-state index in [1.54, 1.807) is 16.8 Å². The monoisotopic (exact) mass is 258 g/mol. The van der Waals surface area contributed by atoms with Gasteiger partial charge in [-0.15, -0.1) is 0 Å². The molecule has 0 radical (unpaired) electrons. The van der Waals surface area contributed by atoms with Crippen LogP contribution in [-0.2, 0) is 0 Å². The van der Waals surface area contributed by atoms with Gasteiger partial charge >= 0.3 is 0 Å². The molecule has 90 valence electrons. The zero-order valence-corrected chi connectivity index (χ0v) is 9.40. The number of hydrazine groups is 1. The topological polar surface area (TPSA) is 38.0 Å². The van der Waals surface area contributed by atoms with Crippen LogP contribution >= 0.6 is 11.3 Å². The molecule has 0 fully saturated rings. The predicted octanol–water partition coefficient (Wildman–Crippen LogP) is 2.72. The third-order valence-corrected chi connectivity index (χ3v) is 3.12. The second-order valence-electron chi connectivity index (χ2n) is 3.42. The number of halogens is 3. The highest BCUT2D eigenvalue weighted by molar-refractivity contribution is 7.08. The Labute approximate surface area is 99.9 Å². The van der Waals surface area contributed by atoms with Crippen LogP contribution in [-0.4, -0.2) is 0 Å². The maximum Gasteiger partial charge on any atom is 0.194 e. The van der Waals surface area contributed by atoms with E-state index < -0.39 is 23.5 Å². The van der Waals surface area contributed by atoms with Gasteiger partial charge in [-0.2, -0.15) is 11.3 Å². The first kappa shape index (κ1) is 12.1. The molecule has 1 aromatic heterocycles. The number of hydrogen-bond donors (Lipinski definition) is 2. The molecule has 0 amide bonds. The molecule has 0 saturated carbocycles. The standard InChI is InChI=1S/C11H9F3N2S/c12-8-2-1-7(9(13)10(8)14)11(16-15)6-3-4-17-5-6/h1-5,11,16H,15H2. The number of rotatable bonds is 3. The fourth-order valence-electron chi connectivity index (χ4n) is 1.57. The van der Waals surface area contributed by atoms with Crippen LogP contribution in [0.3, 0.4) is 0 Å². The molecule has 17 heavy (non-hydrogen) atoms. The number of nitrogens with one attached hydrogen (secondary N) is 1. The summed E-state index contributed by atoms with van der Waals surface area (Å²) in [6.45, 7) is 0. The zero-order valence-electron chi connectivity index (χ0n) is 8.58. The maximum atomic E-state index is 13.6. The van der Waals surface area contributed by atoms with E-state index in [4.69, 9.17) is 5.84 Å². The van der Waals surface area contributed by atoms with Crippen molar-refractivity contribution in [2.24, 2.45) is 5.84 Å². The highest BCUT2D eigenvalue weighted by Crippen LogP contribution is 2.27. The van der Waals surface area contributed by atoms with Crippen molar-refractivity contribution in [2.75, 3.05) is 0 Å². The molecule has 0 bridgehead atoms. The van der Waals surface area contributed by atoms with Crippen molar-refractivity contribution in [1.82, 2.24) is 5.43 Å². The average Bonchev–Trinajstić information content (AvgIpc) is 2.84. The van der Waals surface area contributed by atoms with Crippen LogP contribution in [0.25, 0.3) is 0 Å². The molecule has 6 heteroatoms. The summed E-state index contributed by atoms with van der Waals surface area (Å²) in [7, 11) is 0. The van der Waals surface area contributed by atoms with E-state index in [1.807, 2.05) is 0 Å². The SMILES string of the molecule is NNC(c1ccsc1)c1ccc(F)c(F)c1F. The summed E-state index contributed by atoms with van der Waals surface area (Å²) in [6, 6.07) is 3.09. The molecule has 1 atom stereocenters. The van der Waals surface area contributed by atoms with Crippen LogP contribution in [0.4, 0.5) is 13.2 Å². The Hall–Kier alpha value is -1.37. The molecule has 2 aromatic rings. The Morgan fingerprint density at radius 1 is 1.12 bits per heavy atom. The van der Waals surface area contributed by atoms with E-state index in [2.05, 4.69) is 5.43 Å². The van der Waals surface area contributed by atoms with Crippen molar-refractivity contribution in [2.45, 2.75) is 6.04 Å². The number of benzene rings is 1. The van der Waals surface area contributed by atoms with Gasteiger partial charge in [0, 0.05) is 5.56 Å². The molecule has 0 aliphatic heterocycles. The summed E-state index contributed by atoms with van der Waals surface area (Å²) in [5.41, 5.74) is 3.06. The molecular formula is C11H9F3N2S. The molecule has 2 rings (SSSR count). The van der Waals surface area contributed by atoms with Gasteiger partial charge in [0.2, 0.25) is 0 Å². The summed E-state index contributed by atoms with van der Waals surface area (Å²) in [6.07, 6.45) is 0. The lowest BCUT2D eigenvalue weighted by atomic mass is 10.0. The number of nitrogens with two attached hydrogens (primary N) is 1. The first-order valence-corrected chi connectivity index (χ1v) is 5.71. The second kappa shape index (κ2) is 4.87. The first-order valence-electron chi connectivity index (χ1n) is 4.76. The van der Waals surface area contributed by atoms with Crippen molar-refractivity contribution in [1.29, 1.82) is 0 Å². The lowest BCUT2D eigenvalue weighted by Crippen LogP contribution is -2.29. The lowest BCUT2D eigenvalue weighted by molar-refractivity contribution is 0.433. The van der Waals surface area contributed by atoms with Crippen LogP contribution in [0.15, 0.2) is 29.0 Å². The predicted molar refractivity (Wildman–Crippen MR) is 59.8 cm³/mol. The van der Waals surface area contributed by atoms with Gasteiger partial charge in [0.25, 0.3) is 0 Å². The van der Waals surface area contributed by atoms with Gasteiger partial charge < -0.3 is 0 Å². The maximum absolute atomic E-state index is 13.6. The van der Waals surface area contributed by atoms with E-state index in [9.17, 15) is 13.2 Å². The Kier molecular flexibility index (Phi) is 3.46. The Bertz CT molecular complexity index is 514. The van der Waals surface area contributed by atoms with E-state index in [1.165, 1.54) is 17.4 Å². The molecule has 2 nitrogen and oxygen atoms in total. The molecular weight excluding hydrogens is 249 g/mol. The van der Waals surface area contributed by atoms with Crippen LogP contribution in [0.5, 0.6) is 0 Å². The van der Waals surface area contributed by atoms with E-state index >= 15 is 0 Å². The van der Waals surface area contributed by atoms with Gasteiger partial charge in [-0.25, -0.2) is 18.6 Å². The highest BCUT2D eigenvalue weighted by Gasteiger charge is 2.21.